The second-order valence-electron chi connectivity index (χ2n) is 20.3. The lowest BCUT2D eigenvalue weighted by atomic mass is 9.23. The molecule has 0 aliphatic carbocycles. The molecule has 6 aliphatic rings. The highest BCUT2D eigenvalue weighted by Crippen LogP contribution is 2.69. The number of hydrogen-bond acceptors (Lipinski definition) is 2. The number of fused-ring (bicyclic) bond motifs is 14. The van der Waals surface area contributed by atoms with Gasteiger partial charge in [-0.1, -0.05) is 208 Å². The van der Waals surface area contributed by atoms with Gasteiger partial charge in [-0.3, -0.25) is 0 Å². The van der Waals surface area contributed by atoms with E-state index in [0.29, 0.717) is 0 Å². The van der Waals surface area contributed by atoms with Crippen molar-refractivity contribution in [2.24, 2.45) is 0 Å². The molecule has 0 radical (unpaired) electrons. The maximum Gasteiger partial charge on any atom is 0.243 e. The third kappa shape index (κ3) is 3.89. The quantitative estimate of drug-likeness (QED) is 0.152. The highest BCUT2D eigenvalue weighted by Gasteiger charge is 2.61. The molecule has 0 fully saturated rings. The Morgan fingerprint density at radius 2 is 0.569 bits per heavy atom. The van der Waals surface area contributed by atoms with Crippen LogP contribution in [0.25, 0.3) is 0 Å². The number of benzene rings is 9. The molecule has 6 aliphatic heterocycles. The van der Waals surface area contributed by atoms with Crippen molar-refractivity contribution in [2.75, 3.05) is 9.80 Å². The topological polar surface area (TPSA) is 6.48 Å². The molecule has 0 bridgehead atoms. The van der Waals surface area contributed by atoms with Gasteiger partial charge in [0.05, 0.1) is 39.3 Å². The average Bonchev–Trinajstić information content (AvgIpc) is 3.35. The van der Waals surface area contributed by atoms with Crippen LogP contribution in [0.5, 0.6) is 0 Å². The molecule has 3 heteroatoms. The van der Waals surface area contributed by atoms with Crippen molar-refractivity contribution in [1.29, 1.82) is 0 Å². The summed E-state index contributed by atoms with van der Waals surface area (Å²) in [5.41, 5.74) is 26.9. The fourth-order valence-corrected chi connectivity index (χ4v) is 14.6. The zero-order valence-electron chi connectivity index (χ0n) is 37.0. The van der Waals surface area contributed by atoms with E-state index < -0.39 is 10.8 Å². The van der Waals surface area contributed by atoms with E-state index >= 15 is 0 Å². The van der Waals surface area contributed by atoms with Gasteiger partial charge in [0.25, 0.3) is 0 Å². The zero-order chi connectivity index (χ0) is 43.2. The van der Waals surface area contributed by atoms with Crippen molar-refractivity contribution >= 4 is 57.2 Å². The summed E-state index contributed by atoms with van der Waals surface area (Å²) in [6, 6.07) is 77.3. The van der Waals surface area contributed by atoms with E-state index in [2.05, 4.69) is 238 Å². The Kier molecular flexibility index (Phi) is 6.57. The highest BCUT2D eigenvalue weighted by atomic mass is 15.2. The third-order valence-electron chi connectivity index (χ3n) is 17.0. The maximum atomic E-state index is 2.65. The molecule has 2 spiro atoms. The fourth-order valence-electron chi connectivity index (χ4n) is 14.6. The Balaban J connectivity index is 1.14. The molecule has 65 heavy (non-hydrogen) atoms. The normalized spacial score (nSPS) is 17.6. The average molecular weight is 829 g/mol. The maximum absolute atomic E-state index is 2.65. The predicted molar refractivity (Wildman–Crippen MR) is 268 cm³/mol. The Labute approximate surface area is 381 Å². The number of para-hydroxylation sites is 6. The van der Waals surface area contributed by atoms with Crippen LogP contribution in [0, 0.1) is 0 Å². The number of anilines is 6. The minimum absolute atomic E-state index is 0.156. The van der Waals surface area contributed by atoms with Gasteiger partial charge in [0.15, 0.2) is 0 Å². The second kappa shape index (κ2) is 11.9. The number of rotatable bonds is 1. The summed E-state index contributed by atoms with van der Waals surface area (Å²) < 4.78 is 0. The van der Waals surface area contributed by atoms with Crippen molar-refractivity contribution in [3.05, 3.63) is 267 Å². The molecule has 2 nitrogen and oxygen atoms in total. The third-order valence-corrected chi connectivity index (χ3v) is 17.0. The van der Waals surface area contributed by atoms with Crippen LogP contribution in [0.1, 0.15) is 94.5 Å². The van der Waals surface area contributed by atoms with E-state index in [1.807, 2.05) is 0 Å². The minimum atomic E-state index is -0.633. The van der Waals surface area contributed by atoms with Gasteiger partial charge >= 0.3 is 0 Å². The number of hydrogen-bond donors (Lipinski definition) is 0. The van der Waals surface area contributed by atoms with Crippen molar-refractivity contribution in [2.45, 2.75) is 49.4 Å². The minimum Gasteiger partial charge on any atom is -0.310 e. The smallest absolute Gasteiger partial charge is 0.243 e. The summed E-state index contributed by atoms with van der Waals surface area (Å²) in [5.74, 6) is 0. The van der Waals surface area contributed by atoms with Crippen LogP contribution in [0.2, 0.25) is 0 Å². The van der Waals surface area contributed by atoms with Gasteiger partial charge in [-0.25, -0.2) is 0 Å². The van der Waals surface area contributed by atoms with Gasteiger partial charge < -0.3 is 9.80 Å². The van der Waals surface area contributed by atoms with Gasteiger partial charge in [-0.05, 0) is 103 Å². The highest BCUT2D eigenvalue weighted by molar-refractivity contribution is 6.98. The van der Waals surface area contributed by atoms with E-state index in [4.69, 9.17) is 0 Å². The second-order valence-corrected chi connectivity index (χ2v) is 20.3. The summed E-state index contributed by atoms with van der Waals surface area (Å²) in [7, 11) is 0. The molecular formula is C62H45BN2. The molecule has 0 N–H and O–H groups in total. The van der Waals surface area contributed by atoms with E-state index in [9.17, 15) is 0 Å². The molecule has 0 saturated heterocycles. The Morgan fingerprint density at radius 1 is 0.277 bits per heavy atom. The molecule has 0 amide bonds. The first-order valence-electron chi connectivity index (χ1n) is 23.4. The molecular weight excluding hydrogens is 784 g/mol. The summed E-state index contributed by atoms with van der Waals surface area (Å²) in [5, 5.41) is 0. The van der Waals surface area contributed by atoms with Crippen molar-refractivity contribution in [3.8, 4) is 0 Å². The van der Waals surface area contributed by atoms with Crippen LogP contribution in [0.4, 0.5) is 34.1 Å². The van der Waals surface area contributed by atoms with Crippen LogP contribution in [0.3, 0.4) is 0 Å². The Hall–Kier alpha value is -7.36. The molecule has 0 atom stereocenters. The van der Waals surface area contributed by atoms with E-state index in [1.165, 1.54) is 112 Å². The standard InChI is InChI=1S/C62H45BN2/c1-59(2)43-26-16-27-44-55(43)63-56-45(59)28-17-30-47(56)62(48-31-18-29-46(57(48)63)60(44,3)4)42-25-11-15-37-54(42)65-53-36-14-10-24-41(53)61(49-32-19-33-50(62)58(49)65)39-22-8-12-34-51(39)64(38-20-6-5-7-21-38)52-35-13-9-23-40(52)61/h5-37H,1-4H3. The van der Waals surface area contributed by atoms with Crippen LogP contribution in [-0.2, 0) is 21.7 Å². The molecule has 9 aromatic carbocycles. The molecule has 0 saturated carbocycles. The van der Waals surface area contributed by atoms with Gasteiger partial charge in [0, 0.05) is 16.5 Å². The lowest BCUT2D eigenvalue weighted by Gasteiger charge is -2.58. The predicted octanol–water partition coefficient (Wildman–Crippen LogP) is 12.4. The zero-order valence-corrected chi connectivity index (χ0v) is 37.0. The SMILES string of the molecule is CC1(C)c2cccc3c2B2c4c1cccc4C1(c4ccccc4N4c5ccccc5C5(c6ccccc6N(c6ccccc6)c6ccccc65)c5cccc1c54)c1cccc(c12)C3(C)C. The van der Waals surface area contributed by atoms with Crippen LogP contribution >= 0.6 is 0 Å². The fraction of sp³-hybridized carbons (Fsp3) is 0.129. The molecule has 6 heterocycles. The summed E-state index contributed by atoms with van der Waals surface area (Å²) >= 11 is 0. The molecule has 15 rings (SSSR count). The lowest BCUT2D eigenvalue weighted by Crippen LogP contribution is -2.72. The van der Waals surface area contributed by atoms with E-state index in [1.54, 1.807) is 0 Å². The van der Waals surface area contributed by atoms with Crippen LogP contribution in [-0.4, -0.2) is 6.71 Å². The van der Waals surface area contributed by atoms with E-state index in [0.717, 1.165) is 5.69 Å². The first-order valence-corrected chi connectivity index (χ1v) is 23.4. The van der Waals surface area contributed by atoms with Gasteiger partial charge in [-0.15, -0.1) is 0 Å². The first kappa shape index (κ1) is 36.0. The molecule has 0 aromatic heterocycles. The Morgan fingerprint density at radius 3 is 0.985 bits per heavy atom. The molecule has 9 aromatic rings. The largest absolute Gasteiger partial charge is 0.310 e. The Bertz CT molecular complexity index is 3450. The summed E-state index contributed by atoms with van der Waals surface area (Å²) in [6.07, 6.45) is 0. The molecule has 306 valence electrons. The van der Waals surface area contributed by atoms with Crippen LogP contribution < -0.4 is 26.2 Å². The van der Waals surface area contributed by atoms with Gasteiger partial charge in [0.1, 0.15) is 0 Å². The van der Waals surface area contributed by atoms with Crippen molar-refractivity contribution in [1.82, 2.24) is 0 Å². The summed E-state index contributed by atoms with van der Waals surface area (Å²) in [4.78, 5) is 5.14. The van der Waals surface area contributed by atoms with Crippen molar-refractivity contribution in [3.63, 3.8) is 0 Å². The van der Waals surface area contributed by atoms with Gasteiger partial charge in [0.2, 0.25) is 6.71 Å². The summed E-state index contributed by atoms with van der Waals surface area (Å²) in [6.45, 7) is 10.1. The van der Waals surface area contributed by atoms with Crippen molar-refractivity contribution < 1.29 is 0 Å². The molecule has 0 unspecified atom stereocenters. The monoisotopic (exact) mass is 828 g/mol. The first-order chi connectivity index (χ1) is 31.8. The van der Waals surface area contributed by atoms with E-state index in [-0.39, 0.29) is 17.5 Å². The van der Waals surface area contributed by atoms with Gasteiger partial charge in [-0.2, -0.15) is 0 Å². The number of nitrogens with zero attached hydrogens (tertiary/aromatic N) is 2. The lowest BCUT2D eigenvalue weighted by molar-refractivity contribution is 0.612. The van der Waals surface area contributed by atoms with Crippen LogP contribution in [0.15, 0.2) is 200 Å².